The van der Waals surface area contributed by atoms with Crippen LogP contribution in [-0.2, 0) is 21.4 Å². The Morgan fingerprint density at radius 2 is 2.00 bits per heavy atom. The molecule has 0 heterocycles. The van der Waals surface area contributed by atoms with Crippen molar-refractivity contribution < 1.29 is 21.6 Å². The fourth-order valence-electron chi connectivity index (χ4n) is 2.96. The van der Waals surface area contributed by atoms with E-state index in [1.54, 1.807) is 6.07 Å². The molecule has 0 radical (unpaired) electrons. The van der Waals surface area contributed by atoms with Crippen LogP contribution in [0.15, 0.2) is 29.3 Å². The van der Waals surface area contributed by atoms with Gasteiger partial charge in [-0.2, -0.15) is 13.2 Å². The summed E-state index contributed by atoms with van der Waals surface area (Å²) in [5.41, 5.74) is -0.341. The predicted molar refractivity (Wildman–Crippen MR) is 105 cm³/mol. The average Bonchev–Trinajstić information content (AvgIpc) is 3.38. The van der Waals surface area contributed by atoms with Crippen molar-refractivity contribution in [3.05, 3.63) is 35.4 Å². The van der Waals surface area contributed by atoms with Gasteiger partial charge in [0.05, 0.1) is 17.9 Å². The number of hydrogen-bond donors (Lipinski definition) is 2. The van der Waals surface area contributed by atoms with Gasteiger partial charge >= 0.3 is 6.18 Å². The number of aliphatic imine (C=N–C) groups is 1. The second-order valence-electron chi connectivity index (χ2n) is 7.52. The van der Waals surface area contributed by atoms with E-state index in [2.05, 4.69) is 15.6 Å². The predicted octanol–water partition coefficient (Wildman–Crippen LogP) is 3.12. The van der Waals surface area contributed by atoms with Gasteiger partial charge in [0.1, 0.15) is 9.84 Å². The lowest BCUT2D eigenvalue weighted by molar-refractivity contribution is -0.137. The molecular formula is C19H28F3N3O2S. The van der Waals surface area contributed by atoms with Crippen LogP contribution >= 0.6 is 0 Å². The average molecular weight is 420 g/mol. The van der Waals surface area contributed by atoms with Crippen molar-refractivity contribution in [3.63, 3.8) is 0 Å². The number of benzene rings is 1. The smallest absolute Gasteiger partial charge is 0.357 e. The highest BCUT2D eigenvalue weighted by molar-refractivity contribution is 7.90. The molecule has 0 aromatic heterocycles. The molecule has 1 aliphatic rings. The standard InChI is InChI=1S/C19H28F3N3O2S/c1-4-23-17(25-14(2)8-11-28(3,26)27)24-13-18(9-10-18)15-6-5-7-16(12-15)19(20,21)22/h5-7,12,14H,4,8-11,13H2,1-3H3,(H2,23,24,25). The number of halogens is 3. The summed E-state index contributed by atoms with van der Waals surface area (Å²) in [5, 5.41) is 6.28. The topological polar surface area (TPSA) is 70.6 Å². The molecule has 0 amide bonds. The molecular weight excluding hydrogens is 391 g/mol. The van der Waals surface area contributed by atoms with Gasteiger partial charge in [-0.3, -0.25) is 4.99 Å². The summed E-state index contributed by atoms with van der Waals surface area (Å²) in [6.07, 6.45) is -1.13. The Labute approximate surface area is 164 Å². The first kappa shape index (κ1) is 22.5. The van der Waals surface area contributed by atoms with E-state index < -0.39 is 21.6 Å². The number of hydrogen-bond acceptors (Lipinski definition) is 3. The van der Waals surface area contributed by atoms with Gasteiger partial charge in [0.25, 0.3) is 0 Å². The molecule has 28 heavy (non-hydrogen) atoms. The fourth-order valence-corrected chi connectivity index (χ4v) is 3.74. The minimum absolute atomic E-state index is 0.0781. The number of rotatable bonds is 8. The quantitative estimate of drug-likeness (QED) is 0.502. The first-order chi connectivity index (χ1) is 13.0. The number of guanidine groups is 1. The molecule has 1 aromatic rings. The van der Waals surface area contributed by atoms with Crippen LogP contribution in [0.1, 0.15) is 44.2 Å². The van der Waals surface area contributed by atoms with E-state index in [0.29, 0.717) is 31.0 Å². The van der Waals surface area contributed by atoms with Gasteiger partial charge in [-0.15, -0.1) is 0 Å². The molecule has 1 aromatic carbocycles. The molecule has 0 saturated heterocycles. The summed E-state index contributed by atoms with van der Waals surface area (Å²) >= 11 is 0. The zero-order valence-corrected chi connectivity index (χ0v) is 17.3. The Balaban J connectivity index is 2.08. The van der Waals surface area contributed by atoms with Crippen molar-refractivity contribution in [1.29, 1.82) is 0 Å². The summed E-state index contributed by atoms with van der Waals surface area (Å²) in [7, 11) is -3.04. The number of nitrogens with one attached hydrogen (secondary N) is 2. The van der Waals surface area contributed by atoms with Crippen molar-refractivity contribution in [2.24, 2.45) is 4.99 Å². The van der Waals surface area contributed by atoms with Gasteiger partial charge < -0.3 is 10.6 Å². The van der Waals surface area contributed by atoms with E-state index in [4.69, 9.17) is 0 Å². The van der Waals surface area contributed by atoms with Gasteiger partial charge in [0.2, 0.25) is 0 Å². The van der Waals surface area contributed by atoms with E-state index in [9.17, 15) is 21.6 Å². The fraction of sp³-hybridized carbons (Fsp3) is 0.632. The molecule has 5 nitrogen and oxygen atoms in total. The van der Waals surface area contributed by atoms with Crippen LogP contribution in [0.3, 0.4) is 0 Å². The minimum atomic E-state index is -4.36. The Morgan fingerprint density at radius 3 is 2.54 bits per heavy atom. The van der Waals surface area contributed by atoms with E-state index in [0.717, 1.165) is 18.9 Å². The van der Waals surface area contributed by atoms with Crippen molar-refractivity contribution in [2.75, 3.05) is 25.1 Å². The van der Waals surface area contributed by atoms with Crippen molar-refractivity contribution in [1.82, 2.24) is 10.6 Å². The molecule has 0 spiro atoms. The number of sulfone groups is 1. The van der Waals surface area contributed by atoms with Crippen LogP contribution in [0.4, 0.5) is 13.2 Å². The maximum atomic E-state index is 13.0. The lowest BCUT2D eigenvalue weighted by Gasteiger charge is -2.20. The van der Waals surface area contributed by atoms with Crippen LogP contribution in [0, 0.1) is 0 Å². The van der Waals surface area contributed by atoms with Crippen LogP contribution in [0.5, 0.6) is 0 Å². The van der Waals surface area contributed by atoms with Crippen LogP contribution < -0.4 is 10.6 Å². The van der Waals surface area contributed by atoms with Crippen LogP contribution in [0.25, 0.3) is 0 Å². The van der Waals surface area contributed by atoms with E-state index in [1.165, 1.54) is 18.4 Å². The van der Waals surface area contributed by atoms with Gasteiger partial charge in [-0.25, -0.2) is 8.42 Å². The Morgan fingerprint density at radius 1 is 1.32 bits per heavy atom. The first-order valence-corrected chi connectivity index (χ1v) is 11.4. The largest absolute Gasteiger partial charge is 0.416 e. The Bertz CT molecular complexity index is 803. The molecule has 0 aliphatic heterocycles. The molecule has 2 N–H and O–H groups in total. The van der Waals surface area contributed by atoms with Crippen molar-refractivity contribution in [2.45, 2.75) is 50.7 Å². The Kier molecular flexibility index (Phi) is 7.01. The molecule has 158 valence electrons. The third-order valence-electron chi connectivity index (χ3n) is 4.84. The molecule has 1 aliphatic carbocycles. The third-order valence-corrected chi connectivity index (χ3v) is 5.82. The zero-order chi connectivity index (χ0) is 21.0. The van der Waals surface area contributed by atoms with E-state index in [-0.39, 0.29) is 17.2 Å². The van der Waals surface area contributed by atoms with Gasteiger partial charge in [0, 0.05) is 24.3 Å². The normalized spacial score (nSPS) is 17.9. The molecule has 1 atom stereocenters. The maximum Gasteiger partial charge on any atom is 0.416 e. The zero-order valence-electron chi connectivity index (χ0n) is 16.4. The first-order valence-electron chi connectivity index (χ1n) is 9.35. The van der Waals surface area contributed by atoms with Gasteiger partial charge in [0.15, 0.2) is 5.96 Å². The SMILES string of the molecule is CCNC(=NCC1(c2cccc(C(F)(F)F)c2)CC1)NC(C)CCS(C)(=O)=O. The van der Waals surface area contributed by atoms with Gasteiger partial charge in [-0.1, -0.05) is 18.2 Å². The van der Waals surface area contributed by atoms with E-state index in [1.807, 2.05) is 13.8 Å². The maximum absolute atomic E-state index is 13.0. The monoisotopic (exact) mass is 419 g/mol. The molecule has 1 unspecified atom stereocenters. The van der Waals surface area contributed by atoms with Crippen LogP contribution in [0.2, 0.25) is 0 Å². The summed E-state index contributed by atoms with van der Waals surface area (Å²) < 4.78 is 61.6. The molecule has 1 fully saturated rings. The van der Waals surface area contributed by atoms with E-state index >= 15 is 0 Å². The highest BCUT2D eigenvalue weighted by Crippen LogP contribution is 2.49. The summed E-state index contributed by atoms with van der Waals surface area (Å²) in [5.74, 6) is 0.621. The molecule has 1 saturated carbocycles. The molecule has 2 rings (SSSR count). The lowest BCUT2D eigenvalue weighted by Crippen LogP contribution is -2.43. The number of alkyl halides is 3. The van der Waals surface area contributed by atoms with Crippen molar-refractivity contribution in [3.8, 4) is 0 Å². The highest BCUT2D eigenvalue weighted by atomic mass is 32.2. The minimum Gasteiger partial charge on any atom is -0.357 e. The molecule has 9 heteroatoms. The number of nitrogens with zero attached hydrogens (tertiary/aromatic N) is 1. The molecule has 0 bridgehead atoms. The second kappa shape index (κ2) is 8.71. The third kappa shape index (κ3) is 6.68. The van der Waals surface area contributed by atoms with Crippen LogP contribution in [-0.4, -0.2) is 45.5 Å². The summed E-state index contributed by atoms with van der Waals surface area (Å²) in [6.45, 7) is 4.79. The second-order valence-corrected chi connectivity index (χ2v) is 9.78. The Hall–Kier alpha value is -1.77. The van der Waals surface area contributed by atoms with Gasteiger partial charge in [-0.05, 0) is 44.7 Å². The summed E-state index contributed by atoms with van der Waals surface area (Å²) in [6, 6.07) is 5.37. The highest BCUT2D eigenvalue weighted by Gasteiger charge is 2.45. The lowest BCUT2D eigenvalue weighted by atomic mass is 9.94. The summed E-state index contributed by atoms with van der Waals surface area (Å²) in [4.78, 5) is 4.56. The van der Waals surface area contributed by atoms with Crippen molar-refractivity contribution >= 4 is 15.8 Å².